The minimum Gasteiger partial charge on any atom is -0.493 e. The van der Waals surface area contributed by atoms with Crippen LogP contribution in [-0.2, 0) is 0 Å². The van der Waals surface area contributed by atoms with Crippen molar-refractivity contribution < 1.29 is 9.53 Å². The zero-order valence-corrected chi connectivity index (χ0v) is 13.7. The SMILES string of the molecule is COc1cnn(C(C)C)c1C(=O)c1ccc(Br)cc1Cl. The van der Waals surface area contributed by atoms with Crippen molar-refractivity contribution in [2.45, 2.75) is 19.9 Å². The van der Waals surface area contributed by atoms with Crippen LogP contribution >= 0.6 is 27.5 Å². The van der Waals surface area contributed by atoms with E-state index in [9.17, 15) is 4.79 Å². The Labute approximate surface area is 130 Å². The number of carbonyl (C=O) groups excluding carboxylic acids is 1. The Morgan fingerprint density at radius 2 is 2.15 bits per heavy atom. The standard InChI is InChI=1S/C14H14BrClN2O2/c1-8(2)18-13(12(20-3)7-17-18)14(19)10-5-4-9(15)6-11(10)16/h4-8H,1-3H3. The Balaban J connectivity index is 2.55. The van der Waals surface area contributed by atoms with Crippen molar-refractivity contribution in [3.05, 3.63) is 45.1 Å². The molecule has 1 aromatic heterocycles. The molecule has 0 aliphatic heterocycles. The highest BCUT2D eigenvalue weighted by molar-refractivity contribution is 9.10. The molecular weight excluding hydrogens is 344 g/mol. The highest BCUT2D eigenvalue weighted by atomic mass is 79.9. The second-order valence-corrected chi connectivity index (χ2v) is 5.88. The van der Waals surface area contributed by atoms with Gasteiger partial charge in [-0.25, -0.2) is 0 Å². The third-order valence-electron chi connectivity index (χ3n) is 2.86. The summed E-state index contributed by atoms with van der Waals surface area (Å²) in [7, 11) is 1.52. The monoisotopic (exact) mass is 356 g/mol. The van der Waals surface area contributed by atoms with Gasteiger partial charge in [-0.15, -0.1) is 0 Å². The largest absolute Gasteiger partial charge is 0.493 e. The first-order valence-corrected chi connectivity index (χ1v) is 7.24. The summed E-state index contributed by atoms with van der Waals surface area (Å²) < 4.78 is 7.69. The molecule has 20 heavy (non-hydrogen) atoms. The molecule has 6 heteroatoms. The summed E-state index contributed by atoms with van der Waals surface area (Å²) in [5, 5.41) is 4.59. The second kappa shape index (κ2) is 5.97. The molecule has 0 unspecified atom stereocenters. The fourth-order valence-corrected chi connectivity index (χ4v) is 2.66. The van der Waals surface area contributed by atoms with Gasteiger partial charge in [-0.2, -0.15) is 5.10 Å². The van der Waals surface area contributed by atoms with Crippen molar-refractivity contribution in [2.75, 3.05) is 7.11 Å². The number of nitrogens with zero attached hydrogens (tertiary/aromatic N) is 2. The molecule has 0 saturated heterocycles. The van der Waals surface area contributed by atoms with Crippen molar-refractivity contribution in [1.82, 2.24) is 9.78 Å². The normalized spacial score (nSPS) is 10.9. The molecule has 0 aliphatic rings. The topological polar surface area (TPSA) is 44.1 Å². The van der Waals surface area contributed by atoms with Crippen LogP contribution in [-0.4, -0.2) is 22.7 Å². The number of ether oxygens (including phenoxy) is 1. The van der Waals surface area contributed by atoms with E-state index in [0.717, 1.165) is 4.47 Å². The molecule has 0 atom stereocenters. The molecule has 0 fully saturated rings. The lowest BCUT2D eigenvalue weighted by atomic mass is 10.1. The molecule has 0 N–H and O–H groups in total. The molecule has 0 aliphatic carbocycles. The van der Waals surface area contributed by atoms with Gasteiger partial charge in [0, 0.05) is 16.1 Å². The fourth-order valence-electron chi connectivity index (χ4n) is 1.90. The first-order chi connectivity index (χ1) is 9.45. The van der Waals surface area contributed by atoms with Gasteiger partial charge in [0.05, 0.1) is 18.3 Å². The number of benzene rings is 1. The molecule has 0 bridgehead atoms. The minimum atomic E-state index is -0.203. The van der Waals surface area contributed by atoms with Gasteiger partial charge in [0.25, 0.3) is 0 Å². The Morgan fingerprint density at radius 3 is 2.70 bits per heavy atom. The number of aromatic nitrogens is 2. The number of rotatable bonds is 4. The van der Waals surface area contributed by atoms with Crippen molar-refractivity contribution in [3.8, 4) is 5.75 Å². The molecule has 0 saturated carbocycles. The van der Waals surface area contributed by atoms with Crippen LogP contribution < -0.4 is 4.74 Å². The average Bonchev–Trinajstić information content (AvgIpc) is 2.81. The molecule has 0 spiro atoms. The summed E-state index contributed by atoms with van der Waals surface area (Å²) in [6.07, 6.45) is 1.54. The van der Waals surface area contributed by atoms with Gasteiger partial charge in [-0.05, 0) is 32.0 Å². The Bertz CT molecular complexity index is 653. The lowest BCUT2D eigenvalue weighted by molar-refractivity contribution is 0.102. The summed E-state index contributed by atoms with van der Waals surface area (Å²) in [6.45, 7) is 3.90. The van der Waals surface area contributed by atoms with Gasteiger partial charge in [-0.1, -0.05) is 27.5 Å². The summed E-state index contributed by atoms with van der Waals surface area (Å²) in [5.74, 6) is 0.244. The molecule has 2 aromatic rings. The maximum absolute atomic E-state index is 12.7. The van der Waals surface area contributed by atoms with Gasteiger partial charge in [0.2, 0.25) is 5.78 Å². The summed E-state index contributed by atoms with van der Waals surface area (Å²) >= 11 is 9.47. The van der Waals surface area contributed by atoms with Crippen LogP contribution in [0.5, 0.6) is 5.75 Å². The zero-order valence-electron chi connectivity index (χ0n) is 11.4. The Hall–Kier alpha value is -1.33. The average molecular weight is 358 g/mol. The maximum atomic E-state index is 12.7. The van der Waals surface area contributed by atoms with E-state index in [-0.39, 0.29) is 11.8 Å². The Kier molecular flexibility index (Phi) is 4.50. The van der Waals surface area contributed by atoms with Gasteiger partial charge in [0.15, 0.2) is 11.4 Å². The van der Waals surface area contributed by atoms with E-state index in [1.807, 2.05) is 13.8 Å². The third kappa shape index (κ3) is 2.74. The van der Waals surface area contributed by atoms with E-state index in [1.165, 1.54) is 7.11 Å². The van der Waals surface area contributed by atoms with E-state index in [2.05, 4.69) is 21.0 Å². The molecule has 4 nitrogen and oxygen atoms in total. The first-order valence-electron chi connectivity index (χ1n) is 6.07. The molecule has 1 aromatic carbocycles. The van der Waals surface area contributed by atoms with Crippen molar-refractivity contribution >= 4 is 33.3 Å². The minimum absolute atomic E-state index is 0.0482. The van der Waals surface area contributed by atoms with Gasteiger partial charge < -0.3 is 4.74 Å². The van der Waals surface area contributed by atoms with E-state index < -0.39 is 0 Å². The van der Waals surface area contributed by atoms with Gasteiger partial charge in [-0.3, -0.25) is 9.48 Å². The predicted octanol–water partition coefficient (Wildman–Crippen LogP) is 4.12. The van der Waals surface area contributed by atoms with Crippen LogP contribution in [0.4, 0.5) is 0 Å². The van der Waals surface area contributed by atoms with Crippen molar-refractivity contribution in [3.63, 3.8) is 0 Å². The van der Waals surface area contributed by atoms with Crippen LogP contribution in [0, 0.1) is 0 Å². The first kappa shape index (κ1) is 15.1. The van der Waals surface area contributed by atoms with E-state index >= 15 is 0 Å². The van der Waals surface area contributed by atoms with Crippen LogP contribution in [0.25, 0.3) is 0 Å². The molecule has 2 rings (SSSR count). The van der Waals surface area contributed by atoms with E-state index in [0.29, 0.717) is 22.0 Å². The van der Waals surface area contributed by atoms with E-state index in [4.69, 9.17) is 16.3 Å². The summed E-state index contributed by atoms with van der Waals surface area (Å²) in [6, 6.07) is 5.21. The third-order valence-corrected chi connectivity index (χ3v) is 3.67. The number of carbonyl (C=O) groups is 1. The smallest absolute Gasteiger partial charge is 0.216 e. The van der Waals surface area contributed by atoms with Gasteiger partial charge >= 0.3 is 0 Å². The number of hydrogen-bond acceptors (Lipinski definition) is 3. The van der Waals surface area contributed by atoms with Crippen LogP contribution in [0.3, 0.4) is 0 Å². The number of hydrogen-bond donors (Lipinski definition) is 0. The van der Waals surface area contributed by atoms with Crippen LogP contribution in [0.15, 0.2) is 28.9 Å². The number of halogens is 2. The van der Waals surface area contributed by atoms with Gasteiger partial charge in [0.1, 0.15) is 0 Å². The predicted molar refractivity (Wildman–Crippen MR) is 81.7 cm³/mol. The summed E-state index contributed by atoms with van der Waals surface area (Å²) in [5.41, 5.74) is 0.835. The molecule has 106 valence electrons. The highest BCUT2D eigenvalue weighted by Crippen LogP contribution is 2.28. The number of methoxy groups -OCH3 is 1. The molecule has 0 radical (unpaired) electrons. The lowest BCUT2D eigenvalue weighted by Gasteiger charge is -2.12. The van der Waals surface area contributed by atoms with Crippen LogP contribution in [0.2, 0.25) is 5.02 Å². The molecule has 1 heterocycles. The fraction of sp³-hybridized carbons (Fsp3) is 0.286. The highest BCUT2D eigenvalue weighted by Gasteiger charge is 2.24. The van der Waals surface area contributed by atoms with Crippen molar-refractivity contribution in [2.24, 2.45) is 0 Å². The molecular formula is C14H14BrClN2O2. The van der Waals surface area contributed by atoms with Crippen LogP contribution in [0.1, 0.15) is 35.9 Å². The van der Waals surface area contributed by atoms with E-state index in [1.54, 1.807) is 29.1 Å². The lowest BCUT2D eigenvalue weighted by Crippen LogP contribution is -2.14. The quantitative estimate of drug-likeness (QED) is 0.773. The maximum Gasteiger partial charge on any atom is 0.216 e. The zero-order chi connectivity index (χ0) is 14.9. The second-order valence-electron chi connectivity index (χ2n) is 4.55. The van der Waals surface area contributed by atoms with Crippen molar-refractivity contribution in [1.29, 1.82) is 0 Å². The summed E-state index contributed by atoms with van der Waals surface area (Å²) in [4.78, 5) is 12.7. The number of ketones is 1. The molecule has 0 amide bonds. The Morgan fingerprint density at radius 1 is 1.45 bits per heavy atom.